The van der Waals surface area contributed by atoms with Crippen LogP contribution in [0, 0.1) is 17.8 Å². The van der Waals surface area contributed by atoms with E-state index in [4.69, 9.17) is 4.74 Å². The van der Waals surface area contributed by atoms with Crippen molar-refractivity contribution in [3.8, 4) is 0 Å². The molecule has 49 heavy (non-hydrogen) atoms. The van der Waals surface area contributed by atoms with Crippen LogP contribution in [0.5, 0.6) is 0 Å². The van der Waals surface area contributed by atoms with E-state index in [1.807, 2.05) is 0 Å². The predicted molar refractivity (Wildman–Crippen MR) is 199 cm³/mol. The Morgan fingerprint density at radius 1 is 0.735 bits per heavy atom. The van der Waals surface area contributed by atoms with E-state index in [1.165, 1.54) is 7.11 Å². The minimum absolute atomic E-state index is 0.0315. The third-order valence-corrected chi connectivity index (χ3v) is 10.1. The third-order valence-electron chi connectivity index (χ3n) is 7.57. The maximum absolute atomic E-state index is 13.4. The number of carbonyl (C=O) groups is 6. The molecule has 1 rings (SSSR count). The number of hydrogen-bond donors (Lipinski definition) is 4. The van der Waals surface area contributed by atoms with Gasteiger partial charge >= 0.3 is 0 Å². The fraction of sp³-hybridized carbons (Fsp3) is 0.667. The number of benzene rings is 1. The summed E-state index contributed by atoms with van der Waals surface area (Å²) in [5.41, 5.74) is 0.787. The zero-order chi connectivity index (χ0) is 37.3. The van der Waals surface area contributed by atoms with E-state index in [-0.39, 0.29) is 60.9 Å². The molecule has 0 aliphatic rings. The van der Waals surface area contributed by atoms with Gasteiger partial charge in [0, 0.05) is 54.5 Å². The molecule has 13 heteroatoms. The molecule has 0 saturated heterocycles. The van der Waals surface area contributed by atoms with Crippen LogP contribution >= 0.6 is 23.5 Å². The SMILES string of the molecule is COCCNC(=O)[C@H](CCC(=O)N[C@H](C(=O)N[C@@H](C)C(=O)C(C)C)C(C)C)NC(=O)c1ccc(C(=O)C(CSC(C)C)CSC(C)C)cc1. The molecule has 0 heterocycles. The molecule has 1 aromatic rings. The fourth-order valence-corrected chi connectivity index (χ4v) is 6.60. The standard InChI is InChI=1S/C36H58N4O7S2/c1-21(2)31(36(46)38-25(9)32(42)22(3)4)40-30(41)16-15-29(35(45)37-17-18-47-10)39-34(44)27-13-11-26(12-14-27)33(43)28(19-48-23(5)6)20-49-24(7)8/h11-14,21-25,28-29,31H,15-20H2,1-10H3,(H,37,45)(H,38,46)(H,39,44)(H,40,41)/t25-,29-,31-/m0/s1. The number of methoxy groups -OCH3 is 1. The molecule has 1 aromatic carbocycles. The van der Waals surface area contributed by atoms with E-state index >= 15 is 0 Å². The van der Waals surface area contributed by atoms with Gasteiger partial charge in [0.15, 0.2) is 11.6 Å². The van der Waals surface area contributed by atoms with Gasteiger partial charge in [-0.25, -0.2) is 0 Å². The van der Waals surface area contributed by atoms with Crippen molar-refractivity contribution in [3.05, 3.63) is 35.4 Å². The first kappa shape index (κ1) is 44.1. The molecule has 0 bridgehead atoms. The second-order valence-corrected chi connectivity index (χ2v) is 16.5. The maximum atomic E-state index is 13.4. The van der Waals surface area contributed by atoms with Crippen molar-refractivity contribution in [1.29, 1.82) is 0 Å². The molecule has 0 aromatic heterocycles. The Bertz CT molecular complexity index is 1230. The van der Waals surface area contributed by atoms with Gasteiger partial charge in [-0.15, -0.1) is 0 Å². The second kappa shape index (κ2) is 22.7. The summed E-state index contributed by atoms with van der Waals surface area (Å²) in [6.07, 6.45) is -0.193. The maximum Gasteiger partial charge on any atom is 0.251 e. The van der Waals surface area contributed by atoms with Gasteiger partial charge in [-0.3, -0.25) is 28.8 Å². The number of rotatable bonds is 23. The molecule has 0 spiro atoms. The monoisotopic (exact) mass is 722 g/mol. The van der Waals surface area contributed by atoms with Crippen LogP contribution in [-0.2, 0) is 23.9 Å². The highest BCUT2D eigenvalue weighted by molar-refractivity contribution is 8.00. The highest BCUT2D eigenvalue weighted by Crippen LogP contribution is 2.24. The van der Waals surface area contributed by atoms with Gasteiger partial charge < -0.3 is 26.0 Å². The van der Waals surface area contributed by atoms with Crippen molar-refractivity contribution in [3.63, 3.8) is 0 Å². The van der Waals surface area contributed by atoms with Crippen molar-refractivity contribution >= 4 is 58.7 Å². The number of carbonyl (C=O) groups excluding carboxylic acids is 6. The summed E-state index contributed by atoms with van der Waals surface area (Å²) in [6.45, 7) is 17.6. The zero-order valence-electron chi connectivity index (χ0n) is 30.8. The molecule has 0 saturated carbocycles. The summed E-state index contributed by atoms with van der Waals surface area (Å²) in [7, 11) is 1.50. The molecule has 276 valence electrons. The summed E-state index contributed by atoms with van der Waals surface area (Å²) in [5.74, 6) is -1.32. The topological polar surface area (TPSA) is 160 Å². The summed E-state index contributed by atoms with van der Waals surface area (Å²) in [4.78, 5) is 77.9. The van der Waals surface area contributed by atoms with Crippen molar-refractivity contribution in [2.75, 3.05) is 31.8 Å². The van der Waals surface area contributed by atoms with Gasteiger partial charge in [-0.2, -0.15) is 23.5 Å². The highest BCUT2D eigenvalue weighted by atomic mass is 32.2. The van der Waals surface area contributed by atoms with Crippen LogP contribution in [-0.4, -0.2) is 95.6 Å². The van der Waals surface area contributed by atoms with Gasteiger partial charge in [0.25, 0.3) is 5.91 Å². The van der Waals surface area contributed by atoms with Crippen LogP contribution < -0.4 is 21.3 Å². The number of amides is 4. The Hall–Kier alpha value is -2.90. The quantitative estimate of drug-likeness (QED) is 0.0956. The lowest BCUT2D eigenvalue weighted by atomic mass is 9.99. The number of ether oxygens (including phenoxy) is 1. The smallest absolute Gasteiger partial charge is 0.251 e. The summed E-state index contributed by atoms with van der Waals surface area (Å²) in [5, 5.41) is 11.6. The molecule has 0 aliphatic carbocycles. The minimum Gasteiger partial charge on any atom is -0.383 e. The van der Waals surface area contributed by atoms with Crippen molar-refractivity contribution in [1.82, 2.24) is 21.3 Å². The molecule has 11 nitrogen and oxygen atoms in total. The summed E-state index contributed by atoms with van der Waals surface area (Å²) >= 11 is 3.50. The largest absolute Gasteiger partial charge is 0.383 e. The Labute approximate surface area is 301 Å². The van der Waals surface area contributed by atoms with Crippen molar-refractivity contribution in [2.45, 2.75) is 104 Å². The van der Waals surface area contributed by atoms with Crippen LogP contribution in [0.4, 0.5) is 0 Å². The number of hydrogen-bond acceptors (Lipinski definition) is 9. The second-order valence-electron chi connectivity index (χ2n) is 13.3. The number of nitrogens with one attached hydrogen (secondary N) is 4. The molecule has 0 aliphatic heterocycles. The zero-order valence-corrected chi connectivity index (χ0v) is 32.5. The lowest BCUT2D eigenvalue weighted by molar-refractivity contribution is -0.133. The molecule has 3 atom stereocenters. The minimum atomic E-state index is -1.06. The third kappa shape index (κ3) is 16.6. The van der Waals surface area contributed by atoms with Gasteiger partial charge in [-0.1, -0.05) is 67.5 Å². The Kier molecular flexibility index (Phi) is 20.5. The first-order valence-corrected chi connectivity index (χ1v) is 19.2. The van der Waals surface area contributed by atoms with Crippen molar-refractivity contribution < 1.29 is 33.5 Å². The van der Waals surface area contributed by atoms with E-state index in [0.717, 1.165) is 0 Å². The van der Waals surface area contributed by atoms with E-state index in [0.29, 0.717) is 27.6 Å². The van der Waals surface area contributed by atoms with E-state index in [9.17, 15) is 28.8 Å². The normalized spacial score (nSPS) is 13.4. The van der Waals surface area contributed by atoms with E-state index < -0.39 is 41.8 Å². The molecule has 0 fully saturated rings. The molecular weight excluding hydrogens is 665 g/mol. The Morgan fingerprint density at radius 3 is 1.78 bits per heavy atom. The van der Waals surface area contributed by atoms with Crippen molar-refractivity contribution in [2.24, 2.45) is 17.8 Å². The number of Topliss-reactive ketones (excluding diaryl/α,β-unsaturated/α-hetero) is 2. The molecule has 4 N–H and O–H groups in total. The highest BCUT2D eigenvalue weighted by Gasteiger charge is 2.29. The van der Waals surface area contributed by atoms with Gasteiger partial charge in [0.05, 0.1) is 12.6 Å². The predicted octanol–water partition coefficient (Wildman–Crippen LogP) is 4.28. The van der Waals surface area contributed by atoms with Crippen LogP contribution in [0.1, 0.15) is 95.9 Å². The van der Waals surface area contributed by atoms with E-state index in [1.54, 1.807) is 82.4 Å². The first-order chi connectivity index (χ1) is 23.0. The van der Waals surface area contributed by atoms with Crippen LogP contribution in [0.3, 0.4) is 0 Å². The average Bonchev–Trinajstić information content (AvgIpc) is 3.04. The number of ketones is 2. The summed E-state index contributed by atoms with van der Waals surface area (Å²) < 4.78 is 5.01. The Morgan fingerprint density at radius 2 is 1.29 bits per heavy atom. The molecule has 0 unspecified atom stereocenters. The molecular formula is C36H58N4O7S2. The fourth-order valence-electron chi connectivity index (χ4n) is 4.68. The lowest BCUT2D eigenvalue weighted by Crippen LogP contribution is -2.53. The average molecular weight is 723 g/mol. The molecule has 0 radical (unpaired) electrons. The van der Waals surface area contributed by atoms with Gasteiger partial charge in [0.2, 0.25) is 17.7 Å². The van der Waals surface area contributed by atoms with E-state index in [2.05, 4.69) is 49.0 Å². The lowest BCUT2D eigenvalue weighted by Gasteiger charge is -2.25. The van der Waals surface area contributed by atoms with Crippen LogP contribution in [0.15, 0.2) is 24.3 Å². The van der Waals surface area contributed by atoms with Crippen LogP contribution in [0.2, 0.25) is 0 Å². The van der Waals surface area contributed by atoms with Gasteiger partial charge in [-0.05, 0) is 41.9 Å². The first-order valence-electron chi connectivity index (χ1n) is 17.1. The Balaban J connectivity index is 3.02. The van der Waals surface area contributed by atoms with Gasteiger partial charge in [0.1, 0.15) is 12.1 Å². The molecule has 4 amide bonds. The van der Waals surface area contributed by atoms with Crippen LogP contribution in [0.25, 0.3) is 0 Å². The summed E-state index contributed by atoms with van der Waals surface area (Å²) in [6, 6.07) is 3.74. The number of thioether (sulfide) groups is 2.